The zero-order chi connectivity index (χ0) is 20.1. The third kappa shape index (κ3) is 4.27. The molecule has 3 rings (SSSR count). The quantitative estimate of drug-likeness (QED) is 0.613. The lowest BCUT2D eigenvalue weighted by Crippen LogP contribution is -2.25. The maximum Gasteiger partial charge on any atom is 0.287 e. The van der Waals surface area contributed by atoms with Gasteiger partial charge in [-0.2, -0.15) is 0 Å². The van der Waals surface area contributed by atoms with Gasteiger partial charge >= 0.3 is 0 Å². The number of fused-ring (bicyclic) bond motifs is 1. The molecule has 1 aromatic heterocycles. The molecule has 0 aliphatic rings. The van der Waals surface area contributed by atoms with Crippen molar-refractivity contribution in [3.63, 3.8) is 0 Å². The molecule has 5 nitrogen and oxygen atoms in total. The standard InChI is InChI=1S/C22H24FNO4/c1-4-26-19-8-6-15(12-20(19)27-5-2)10-11-24-22(25)21-14(3)17-13-16(23)7-9-18(17)28-21/h6-9,12-13H,4-5,10-11H2,1-3H3,(H,24,25). The number of benzene rings is 2. The van der Waals surface area contributed by atoms with Crippen LogP contribution in [-0.4, -0.2) is 25.7 Å². The summed E-state index contributed by atoms with van der Waals surface area (Å²) in [6, 6.07) is 9.98. The van der Waals surface area contributed by atoms with Crippen LogP contribution in [0.1, 0.15) is 35.5 Å². The first-order valence-corrected chi connectivity index (χ1v) is 9.38. The minimum atomic E-state index is -0.357. The zero-order valence-corrected chi connectivity index (χ0v) is 16.3. The Labute approximate surface area is 163 Å². The molecule has 1 N–H and O–H groups in total. The Morgan fingerprint density at radius 3 is 2.57 bits per heavy atom. The van der Waals surface area contributed by atoms with E-state index in [-0.39, 0.29) is 17.5 Å². The summed E-state index contributed by atoms with van der Waals surface area (Å²) >= 11 is 0. The molecular formula is C22H24FNO4. The zero-order valence-electron chi connectivity index (χ0n) is 16.3. The molecule has 0 atom stereocenters. The normalized spacial score (nSPS) is 10.9. The number of halogens is 1. The van der Waals surface area contributed by atoms with Crippen molar-refractivity contribution in [1.82, 2.24) is 5.32 Å². The van der Waals surface area contributed by atoms with E-state index in [2.05, 4.69) is 5.32 Å². The van der Waals surface area contributed by atoms with Crippen LogP contribution in [0.5, 0.6) is 11.5 Å². The molecule has 0 unspecified atom stereocenters. The van der Waals surface area contributed by atoms with Gasteiger partial charge in [-0.05, 0) is 63.1 Å². The maximum absolute atomic E-state index is 13.4. The Bertz CT molecular complexity index is 980. The summed E-state index contributed by atoms with van der Waals surface area (Å²) < 4.78 is 30.2. The van der Waals surface area contributed by atoms with Gasteiger partial charge in [-0.25, -0.2) is 4.39 Å². The van der Waals surface area contributed by atoms with Gasteiger partial charge in [0.15, 0.2) is 17.3 Å². The number of furan rings is 1. The van der Waals surface area contributed by atoms with Gasteiger partial charge in [-0.3, -0.25) is 4.79 Å². The Morgan fingerprint density at radius 1 is 1.07 bits per heavy atom. The number of carbonyl (C=O) groups excluding carboxylic acids is 1. The Kier molecular flexibility index (Phi) is 6.19. The molecule has 0 bridgehead atoms. The summed E-state index contributed by atoms with van der Waals surface area (Å²) in [6.45, 7) is 7.14. The van der Waals surface area contributed by atoms with Gasteiger partial charge < -0.3 is 19.2 Å². The number of amides is 1. The first-order valence-electron chi connectivity index (χ1n) is 9.38. The average Bonchev–Trinajstić information content (AvgIpc) is 3.00. The maximum atomic E-state index is 13.4. The first-order chi connectivity index (χ1) is 13.5. The number of aryl methyl sites for hydroxylation is 1. The van der Waals surface area contributed by atoms with Gasteiger partial charge in [0.2, 0.25) is 0 Å². The van der Waals surface area contributed by atoms with Crippen molar-refractivity contribution < 1.29 is 23.1 Å². The monoisotopic (exact) mass is 385 g/mol. The van der Waals surface area contributed by atoms with Gasteiger partial charge in [0.25, 0.3) is 5.91 Å². The molecule has 148 valence electrons. The third-order valence-corrected chi connectivity index (χ3v) is 4.41. The largest absolute Gasteiger partial charge is 0.490 e. The SMILES string of the molecule is CCOc1ccc(CCNC(=O)c2oc3ccc(F)cc3c2C)cc1OCC. The van der Waals surface area contributed by atoms with E-state index in [9.17, 15) is 9.18 Å². The molecule has 0 aliphatic heterocycles. The molecule has 0 aliphatic carbocycles. The van der Waals surface area contributed by atoms with E-state index in [0.29, 0.717) is 54.2 Å². The second-order valence-electron chi connectivity index (χ2n) is 6.35. The predicted octanol–water partition coefficient (Wildman–Crippen LogP) is 4.65. The number of rotatable bonds is 8. The third-order valence-electron chi connectivity index (χ3n) is 4.41. The van der Waals surface area contributed by atoms with Gasteiger partial charge in [0.1, 0.15) is 11.4 Å². The molecule has 0 spiro atoms. The van der Waals surface area contributed by atoms with E-state index in [1.54, 1.807) is 6.92 Å². The van der Waals surface area contributed by atoms with Gasteiger partial charge in [0, 0.05) is 17.5 Å². The fourth-order valence-electron chi connectivity index (χ4n) is 3.06. The van der Waals surface area contributed by atoms with Crippen molar-refractivity contribution in [2.24, 2.45) is 0 Å². The van der Waals surface area contributed by atoms with E-state index < -0.39 is 0 Å². The van der Waals surface area contributed by atoms with E-state index in [4.69, 9.17) is 13.9 Å². The van der Waals surface area contributed by atoms with Crippen LogP contribution in [0.25, 0.3) is 11.0 Å². The second kappa shape index (κ2) is 8.78. The molecule has 1 amide bonds. The Hall–Kier alpha value is -3.02. The molecule has 28 heavy (non-hydrogen) atoms. The van der Waals surface area contributed by atoms with Gasteiger partial charge in [-0.15, -0.1) is 0 Å². The second-order valence-corrected chi connectivity index (χ2v) is 6.35. The van der Waals surface area contributed by atoms with Gasteiger partial charge in [0.05, 0.1) is 13.2 Å². The van der Waals surface area contributed by atoms with Crippen molar-refractivity contribution >= 4 is 16.9 Å². The minimum absolute atomic E-state index is 0.210. The highest BCUT2D eigenvalue weighted by Gasteiger charge is 2.17. The van der Waals surface area contributed by atoms with Crippen molar-refractivity contribution in [3.05, 3.63) is 59.1 Å². The average molecular weight is 385 g/mol. The van der Waals surface area contributed by atoms with Crippen molar-refractivity contribution in [2.75, 3.05) is 19.8 Å². The smallest absolute Gasteiger partial charge is 0.287 e. The molecule has 0 fully saturated rings. The Morgan fingerprint density at radius 2 is 1.82 bits per heavy atom. The molecule has 6 heteroatoms. The summed E-state index contributed by atoms with van der Waals surface area (Å²) in [7, 11) is 0. The van der Waals surface area contributed by atoms with E-state index in [1.165, 1.54) is 18.2 Å². The number of nitrogens with one attached hydrogen (secondary N) is 1. The lowest BCUT2D eigenvalue weighted by molar-refractivity contribution is 0.0928. The van der Waals surface area contributed by atoms with Crippen LogP contribution in [0.2, 0.25) is 0 Å². The molecule has 0 saturated carbocycles. The van der Waals surface area contributed by atoms with Crippen LogP contribution in [0.4, 0.5) is 4.39 Å². The number of hydrogen-bond donors (Lipinski definition) is 1. The number of ether oxygens (including phenoxy) is 2. The molecule has 1 heterocycles. The molecular weight excluding hydrogens is 361 g/mol. The Balaban J connectivity index is 1.65. The van der Waals surface area contributed by atoms with Crippen molar-refractivity contribution in [2.45, 2.75) is 27.2 Å². The highest BCUT2D eigenvalue weighted by Crippen LogP contribution is 2.29. The van der Waals surface area contributed by atoms with Gasteiger partial charge in [-0.1, -0.05) is 6.07 Å². The van der Waals surface area contributed by atoms with Crippen LogP contribution < -0.4 is 14.8 Å². The van der Waals surface area contributed by atoms with E-state index >= 15 is 0 Å². The summed E-state index contributed by atoms with van der Waals surface area (Å²) in [6.07, 6.45) is 0.631. The van der Waals surface area contributed by atoms with Crippen LogP contribution in [-0.2, 0) is 6.42 Å². The highest BCUT2D eigenvalue weighted by atomic mass is 19.1. The first kappa shape index (κ1) is 19.7. The number of hydrogen-bond acceptors (Lipinski definition) is 4. The topological polar surface area (TPSA) is 60.7 Å². The molecule has 0 radical (unpaired) electrons. The lowest BCUT2D eigenvalue weighted by Gasteiger charge is -2.12. The number of carbonyl (C=O) groups is 1. The summed E-state index contributed by atoms with van der Waals surface area (Å²) in [4.78, 5) is 12.5. The fourth-order valence-corrected chi connectivity index (χ4v) is 3.06. The molecule has 0 saturated heterocycles. The van der Waals surface area contributed by atoms with Crippen molar-refractivity contribution in [1.29, 1.82) is 0 Å². The fraction of sp³-hybridized carbons (Fsp3) is 0.318. The van der Waals surface area contributed by atoms with Crippen LogP contribution in [0, 0.1) is 12.7 Å². The van der Waals surface area contributed by atoms with E-state index in [0.717, 1.165) is 5.56 Å². The van der Waals surface area contributed by atoms with Crippen LogP contribution in [0.3, 0.4) is 0 Å². The summed E-state index contributed by atoms with van der Waals surface area (Å²) in [5, 5.41) is 3.47. The summed E-state index contributed by atoms with van der Waals surface area (Å²) in [5.74, 6) is 0.946. The molecule has 2 aromatic carbocycles. The van der Waals surface area contributed by atoms with E-state index in [1.807, 2.05) is 32.0 Å². The summed E-state index contributed by atoms with van der Waals surface area (Å²) in [5.41, 5.74) is 2.15. The molecule has 3 aromatic rings. The lowest BCUT2D eigenvalue weighted by atomic mass is 10.1. The predicted molar refractivity (Wildman–Crippen MR) is 106 cm³/mol. The van der Waals surface area contributed by atoms with Crippen LogP contribution >= 0.6 is 0 Å². The minimum Gasteiger partial charge on any atom is -0.490 e. The van der Waals surface area contributed by atoms with Crippen molar-refractivity contribution in [3.8, 4) is 11.5 Å². The highest BCUT2D eigenvalue weighted by molar-refractivity contribution is 5.98. The van der Waals surface area contributed by atoms with Crippen LogP contribution in [0.15, 0.2) is 40.8 Å².